The zero-order valence-electron chi connectivity index (χ0n) is 22.0. The zero-order valence-corrected chi connectivity index (χ0v) is 22.8. The summed E-state index contributed by atoms with van der Waals surface area (Å²) in [7, 11) is -0.853. The van der Waals surface area contributed by atoms with Crippen LogP contribution in [0.3, 0.4) is 0 Å². The Morgan fingerprint density at radius 3 is 2.26 bits per heavy atom. The van der Waals surface area contributed by atoms with Crippen molar-refractivity contribution in [3.05, 3.63) is 76.7 Å². The maximum atomic E-state index is 14.9. The summed E-state index contributed by atoms with van der Waals surface area (Å²) in [5, 5.41) is 9.86. The molecule has 0 atom stereocenters. The summed E-state index contributed by atoms with van der Waals surface area (Å²) in [5.41, 5.74) is -0.987. The van der Waals surface area contributed by atoms with Crippen LogP contribution >= 0.6 is 0 Å². The number of aliphatic hydroxyl groups is 1. The monoisotopic (exact) mass is 566 g/mol. The maximum Gasteiger partial charge on any atom is 0.417 e. The van der Waals surface area contributed by atoms with Gasteiger partial charge in [0.2, 0.25) is 15.9 Å². The van der Waals surface area contributed by atoms with Gasteiger partial charge in [0.25, 0.3) is 0 Å². The van der Waals surface area contributed by atoms with Crippen LogP contribution < -0.4 is 4.74 Å². The first kappa shape index (κ1) is 29.0. The number of alkyl halides is 3. The molecule has 1 fully saturated rings. The second-order valence-electron chi connectivity index (χ2n) is 10.5. The maximum absolute atomic E-state index is 14.9. The summed E-state index contributed by atoms with van der Waals surface area (Å²) < 4.78 is 88.1. The number of sulfonamides is 1. The van der Waals surface area contributed by atoms with Crippen LogP contribution in [-0.2, 0) is 22.6 Å². The molecule has 0 unspecified atom stereocenters. The lowest BCUT2D eigenvalue weighted by Crippen LogP contribution is -2.43. The molecule has 2 aromatic carbocycles. The summed E-state index contributed by atoms with van der Waals surface area (Å²) in [5.74, 6) is -0.584. The minimum atomic E-state index is -4.81. The molecule has 0 bridgehead atoms. The third-order valence-electron chi connectivity index (χ3n) is 6.86. The minimum absolute atomic E-state index is 0.0259. The Labute approximate surface area is 225 Å². The molecule has 11 heteroatoms. The van der Waals surface area contributed by atoms with Crippen molar-refractivity contribution >= 4 is 10.0 Å². The van der Waals surface area contributed by atoms with Crippen molar-refractivity contribution in [3.8, 4) is 17.0 Å². The lowest BCUT2D eigenvalue weighted by Gasteiger charge is -2.40. The molecule has 6 nitrogen and oxygen atoms in total. The van der Waals surface area contributed by atoms with Gasteiger partial charge in [0, 0.05) is 37.8 Å². The number of hydrogen-bond donors (Lipinski definition) is 1. The molecule has 1 heterocycles. The molecule has 39 heavy (non-hydrogen) atoms. The van der Waals surface area contributed by atoms with Crippen LogP contribution in [-0.4, -0.2) is 49.1 Å². The lowest BCUT2D eigenvalue weighted by molar-refractivity contribution is -0.137. The number of aryl methyl sites for hydroxylation is 1. The van der Waals surface area contributed by atoms with E-state index in [-0.39, 0.29) is 45.5 Å². The molecule has 4 rings (SSSR count). The van der Waals surface area contributed by atoms with Gasteiger partial charge in [-0.1, -0.05) is 12.1 Å². The van der Waals surface area contributed by atoms with Crippen LogP contribution in [0.5, 0.6) is 5.88 Å². The molecule has 1 aromatic heterocycles. The van der Waals surface area contributed by atoms with Gasteiger partial charge in [0.15, 0.2) is 0 Å². The smallest absolute Gasteiger partial charge is 0.417 e. The minimum Gasteiger partial charge on any atom is -0.477 e. The fraction of sp³-hybridized carbons (Fsp3) is 0.393. The second-order valence-corrected chi connectivity index (χ2v) is 12.6. The highest BCUT2D eigenvalue weighted by Crippen LogP contribution is 2.41. The predicted octanol–water partition coefficient (Wildman–Crippen LogP) is 5.60. The Hall–Kier alpha value is -3.02. The standard InChI is InChI=1S/C28H30F4N2O4S/c1-17-22(9-10-26(33-17)38-16-19-14-27(2,35)15-19)23-12-20(25(29)13-24(23)28(30,31)32)11-18-5-7-21(8-6-18)39(36,37)34(3)4/h5-10,12-13,19,35H,11,14-16H2,1-4H3. The van der Waals surface area contributed by atoms with Crippen molar-refractivity contribution in [3.63, 3.8) is 0 Å². The van der Waals surface area contributed by atoms with E-state index in [1.807, 2.05) is 0 Å². The predicted molar refractivity (Wildman–Crippen MR) is 138 cm³/mol. The van der Waals surface area contributed by atoms with Crippen LogP contribution in [0.15, 0.2) is 53.4 Å². The summed E-state index contributed by atoms with van der Waals surface area (Å²) in [6, 6.07) is 10.4. The van der Waals surface area contributed by atoms with Crippen molar-refractivity contribution in [2.45, 2.75) is 49.8 Å². The molecule has 1 aliphatic carbocycles. The van der Waals surface area contributed by atoms with E-state index < -0.39 is 33.2 Å². The van der Waals surface area contributed by atoms with Gasteiger partial charge in [0.05, 0.1) is 22.7 Å². The van der Waals surface area contributed by atoms with Crippen LogP contribution in [0.1, 0.15) is 42.1 Å². The number of aromatic nitrogens is 1. The molecule has 1 aliphatic rings. The van der Waals surface area contributed by atoms with Crippen molar-refractivity contribution in [1.29, 1.82) is 0 Å². The van der Waals surface area contributed by atoms with E-state index in [2.05, 4.69) is 4.98 Å². The van der Waals surface area contributed by atoms with E-state index in [1.165, 1.54) is 56.6 Å². The fourth-order valence-corrected chi connectivity index (χ4v) is 5.73. The number of hydrogen-bond acceptors (Lipinski definition) is 5. The zero-order chi connectivity index (χ0) is 28.8. The van der Waals surface area contributed by atoms with Crippen LogP contribution in [0, 0.1) is 18.7 Å². The molecule has 3 aromatic rings. The van der Waals surface area contributed by atoms with Crippen molar-refractivity contribution in [2.75, 3.05) is 20.7 Å². The number of pyridine rings is 1. The van der Waals surface area contributed by atoms with E-state index >= 15 is 0 Å². The van der Waals surface area contributed by atoms with Gasteiger partial charge in [0.1, 0.15) is 5.82 Å². The van der Waals surface area contributed by atoms with E-state index in [1.54, 1.807) is 13.8 Å². The number of benzene rings is 2. The first-order valence-corrected chi connectivity index (χ1v) is 13.7. The Balaban J connectivity index is 1.63. The van der Waals surface area contributed by atoms with E-state index in [0.29, 0.717) is 31.1 Å². The number of ether oxygens (including phenoxy) is 1. The molecule has 0 spiro atoms. The second kappa shape index (κ2) is 10.5. The van der Waals surface area contributed by atoms with E-state index in [4.69, 9.17) is 4.74 Å². The first-order valence-electron chi connectivity index (χ1n) is 12.3. The third kappa shape index (κ3) is 6.42. The van der Waals surface area contributed by atoms with Gasteiger partial charge in [-0.05, 0) is 79.6 Å². The third-order valence-corrected chi connectivity index (χ3v) is 8.69. The molecule has 0 amide bonds. The van der Waals surface area contributed by atoms with Gasteiger partial charge in [-0.15, -0.1) is 0 Å². The van der Waals surface area contributed by atoms with Gasteiger partial charge < -0.3 is 9.84 Å². The highest BCUT2D eigenvalue weighted by atomic mass is 32.2. The normalized spacial score (nSPS) is 19.7. The largest absolute Gasteiger partial charge is 0.477 e. The Kier molecular flexibility index (Phi) is 7.81. The Morgan fingerprint density at radius 2 is 1.72 bits per heavy atom. The summed E-state index contributed by atoms with van der Waals surface area (Å²) in [6.07, 6.45) is -3.64. The summed E-state index contributed by atoms with van der Waals surface area (Å²) in [4.78, 5) is 4.37. The van der Waals surface area contributed by atoms with E-state index in [0.717, 1.165) is 4.31 Å². The molecular formula is C28H30F4N2O4S. The molecule has 1 saturated carbocycles. The topological polar surface area (TPSA) is 79.7 Å². The number of nitrogens with zero attached hydrogens (tertiary/aromatic N) is 2. The average molecular weight is 567 g/mol. The van der Waals surface area contributed by atoms with Crippen LogP contribution in [0.25, 0.3) is 11.1 Å². The summed E-state index contributed by atoms with van der Waals surface area (Å²) in [6.45, 7) is 3.65. The number of rotatable bonds is 8. The van der Waals surface area contributed by atoms with Crippen molar-refractivity contribution in [1.82, 2.24) is 9.29 Å². The summed E-state index contributed by atoms with van der Waals surface area (Å²) >= 11 is 0. The van der Waals surface area contributed by atoms with Crippen LogP contribution in [0.4, 0.5) is 17.6 Å². The highest BCUT2D eigenvalue weighted by molar-refractivity contribution is 7.89. The molecular weight excluding hydrogens is 536 g/mol. The highest BCUT2D eigenvalue weighted by Gasteiger charge is 2.39. The first-order chi connectivity index (χ1) is 18.1. The molecule has 210 valence electrons. The van der Waals surface area contributed by atoms with Gasteiger partial charge in [-0.2, -0.15) is 13.2 Å². The lowest BCUT2D eigenvalue weighted by atomic mass is 9.73. The Bertz CT molecular complexity index is 1460. The molecule has 1 N–H and O–H groups in total. The Morgan fingerprint density at radius 1 is 1.08 bits per heavy atom. The average Bonchev–Trinajstić information content (AvgIpc) is 2.82. The number of halogens is 4. The van der Waals surface area contributed by atoms with E-state index in [9.17, 15) is 31.1 Å². The van der Waals surface area contributed by atoms with Crippen LogP contribution in [0.2, 0.25) is 0 Å². The quantitative estimate of drug-likeness (QED) is 0.360. The van der Waals surface area contributed by atoms with Crippen molar-refractivity contribution in [2.24, 2.45) is 5.92 Å². The van der Waals surface area contributed by atoms with Gasteiger partial charge >= 0.3 is 6.18 Å². The molecule has 0 saturated heterocycles. The molecule has 0 aliphatic heterocycles. The SMILES string of the molecule is Cc1nc(OCC2CC(C)(O)C2)ccc1-c1cc(Cc2ccc(S(=O)(=O)N(C)C)cc2)c(F)cc1C(F)(F)F. The van der Waals surface area contributed by atoms with Crippen molar-refractivity contribution < 1.29 is 35.8 Å². The fourth-order valence-electron chi connectivity index (χ4n) is 4.83. The molecule has 0 radical (unpaired) electrons. The van der Waals surface area contributed by atoms with Gasteiger partial charge in [-0.25, -0.2) is 22.1 Å². The van der Waals surface area contributed by atoms with Gasteiger partial charge in [-0.3, -0.25) is 0 Å².